The van der Waals surface area contributed by atoms with Crippen LogP contribution in [0.1, 0.15) is 12.8 Å². The number of aliphatic hydroxyl groups excluding tert-OH is 1. The van der Waals surface area contributed by atoms with E-state index in [-0.39, 0.29) is 24.6 Å². The summed E-state index contributed by atoms with van der Waals surface area (Å²) in [7, 11) is 0. The summed E-state index contributed by atoms with van der Waals surface area (Å²) in [5.74, 6) is -0.319. The highest BCUT2D eigenvalue weighted by Gasteiger charge is 2.27. The average Bonchev–Trinajstić information content (AvgIpc) is 2.84. The van der Waals surface area contributed by atoms with Gasteiger partial charge < -0.3 is 10.4 Å². The highest BCUT2D eigenvalue weighted by molar-refractivity contribution is 5.95. The first-order valence-electron chi connectivity index (χ1n) is 5.14. The van der Waals surface area contributed by atoms with Crippen LogP contribution in [0.3, 0.4) is 0 Å². The number of imide groups is 1. The van der Waals surface area contributed by atoms with E-state index in [1.165, 1.54) is 0 Å². The second-order valence-corrected chi connectivity index (χ2v) is 4.14. The van der Waals surface area contributed by atoms with Crippen molar-refractivity contribution in [1.82, 2.24) is 15.5 Å². The Hall–Kier alpha value is -1.14. The first-order chi connectivity index (χ1) is 7.13. The monoisotopic (exact) mass is 213 g/mol. The molecule has 1 aliphatic heterocycles. The lowest BCUT2D eigenvalue weighted by atomic mass is 10.2. The molecule has 0 aromatic carbocycles. The molecular formula is C9H15N3O3. The van der Waals surface area contributed by atoms with Gasteiger partial charge in [0.2, 0.25) is 5.91 Å². The zero-order valence-electron chi connectivity index (χ0n) is 8.40. The minimum atomic E-state index is -0.413. The molecule has 0 radical (unpaired) electrons. The molecule has 2 fully saturated rings. The number of aliphatic hydroxyl groups is 1. The third-order valence-corrected chi connectivity index (χ3v) is 2.47. The van der Waals surface area contributed by atoms with Gasteiger partial charge in [0.1, 0.15) is 0 Å². The number of nitrogens with one attached hydrogen (secondary N) is 2. The van der Waals surface area contributed by atoms with Gasteiger partial charge in [0, 0.05) is 19.1 Å². The van der Waals surface area contributed by atoms with E-state index in [0.29, 0.717) is 13.1 Å². The van der Waals surface area contributed by atoms with Crippen molar-refractivity contribution in [2.45, 2.75) is 25.0 Å². The quantitative estimate of drug-likeness (QED) is 0.541. The third-order valence-electron chi connectivity index (χ3n) is 2.47. The summed E-state index contributed by atoms with van der Waals surface area (Å²) < 4.78 is 0. The average molecular weight is 213 g/mol. The normalized spacial score (nSPS) is 21.9. The Bertz CT molecular complexity index is 272. The van der Waals surface area contributed by atoms with Gasteiger partial charge in [0.25, 0.3) is 0 Å². The maximum absolute atomic E-state index is 11.3. The number of rotatable bonds is 3. The molecule has 2 aliphatic rings. The number of hydrogen-bond donors (Lipinski definition) is 3. The molecule has 0 aromatic heterocycles. The van der Waals surface area contributed by atoms with E-state index in [1.54, 1.807) is 4.90 Å². The zero-order valence-corrected chi connectivity index (χ0v) is 8.40. The van der Waals surface area contributed by atoms with E-state index in [2.05, 4.69) is 10.6 Å². The fourth-order valence-electron chi connectivity index (χ4n) is 1.49. The minimum absolute atomic E-state index is 0.176. The number of amides is 3. The van der Waals surface area contributed by atoms with Gasteiger partial charge in [-0.3, -0.25) is 15.0 Å². The predicted molar refractivity (Wildman–Crippen MR) is 52.1 cm³/mol. The van der Waals surface area contributed by atoms with E-state index >= 15 is 0 Å². The second kappa shape index (κ2) is 4.16. The molecule has 1 saturated carbocycles. The topological polar surface area (TPSA) is 81.7 Å². The van der Waals surface area contributed by atoms with Crippen LogP contribution >= 0.6 is 0 Å². The van der Waals surface area contributed by atoms with Gasteiger partial charge >= 0.3 is 6.03 Å². The molecule has 1 saturated heterocycles. The number of nitrogens with zero attached hydrogens (tertiary/aromatic N) is 1. The molecule has 0 bridgehead atoms. The Morgan fingerprint density at radius 1 is 1.33 bits per heavy atom. The first-order valence-corrected chi connectivity index (χ1v) is 5.14. The van der Waals surface area contributed by atoms with Crippen molar-refractivity contribution >= 4 is 11.9 Å². The van der Waals surface area contributed by atoms with Crippen molar-refractivity contribution in [1.29, 1.82) is 0 Å². The van der Waals surface area contributed by atoms with Gasteiger partial charge in [-0.15, -0.1) is 0 Å². The number of urea groups is 1. The largest absolute Gasteiger partial charge is 0.390 e. The third kappa shape index (κ3) is 3.17. The molecule has 0 atom stereocenters. The molecule has 1 heterocycles. The van der Waals surface area contributed by atoms with Crippen molar-refractivity contribution < 1.29 is 14.7 Å². The van der Waals surface area contributed by atoms with Gasteiger partial charge in [-0.1, -0.05) is 0 Å². The van der Waals surface area contributed by atoms with E-state index in [1.807, 2.05) is 0 Å². The summed E-state index contributed by atoms with van der Waals surface area (Å²) in [6.07, 6.45) is 1.68. The van der Waals surface area contributed by atoms with Gasteiger partial charge in [-0.2, -0.15) is 0 Å². The number of hydrogen-bond acceptors (Lipinski definition) is 4. The van der Waals surface area contributed by atoms with Crippen LogP contribution in [0.2, 0.25) is 0 Å². The Morgan fingerprint density at radius 3 is 2.53 bits per heavy atom. The number of carbonyl (C=O) groups excluding carboxylic acids is 2. The van der Waals surface area contributed by atoms with Crippen LogP contribution < -0.4 is 10.6 Å². The molecule has 3 N–H and O–H groups in total. The Morgan fingerprint density at radius 2 is 2.00 bits per heavy atom. The van der Waals surface area contributed by atoms with Crippen LogP contribution in [0.25, 0.3) is 0 Å². The summed E-state index contributed by atoms with van der Waals surface area (Å²) in [5, 5.41) is 13.9. The number of β-amino-alcohol motifs (C(OH)–C–C–N with tert-alkyl or cyclic N) is 1. The minimum Gasteiger partial charge on any atom is -0.390 e. The second-order valence-electron chi connectivity index (χ2n) is 4.14. The van der Waals surface area contributed by atoms with E-state index in [4.69, 9.17) is 5.11 Å². The summed E-state index contributed by atoms with van der Waals surface area (Å²) >= 11 is 0. The molecular weight excluding hydrogens is 198 g/mol. The lowest BCUT2D eigenvalue weighted by molar-refractivity contribution is -0.123. The van der Waals surface area contributed by atoms with Gasteiger partial charge in [-0.05, 0) is 12.8 Å². The summed E-state index contributed by atoms with van der Waals surface area (Å²) in [6.45, 7) is 1.20. The van der Waals surface area contributed by atoms with Gasteiger partial charge in [-0.25, -0.2) is 4.79 Å². The van der Waals surface area contributed by atoms with Crippen LogP contribution in [0, 0.1) is 0 Å². The predicted octanol–water partition coefficient (Wildman–Crippen LogP) is -1.35. The summed E-state index contributed by atoms with van der Waals surface area (Å²) in [4.78, 5) is 24.2. The molecule has 0 unspecified atom stereocenters. The highest BCUT2D eigenvalue weighted by Crippen LogP contribution is 2.18. The molecule has 84 valence electrons. The van der Waals surface area contributed by atoms with Crippen molar-refractivity contribution in [2.75, 3.05) is 19.6 Å². The smallest absolute Gasteiger partial charge is 0.321 e. The Kier molecular flexibility index (Phi) is 2.88. The van der Waals surface area contributed by atoms with Gasteiger partial charge in [0.15, 0.2) is 0 Å². The van der Waals surface area contributed by atoms with Crippen LogP contribution in [0.15, 0.2) is 0 Å². The van der Waals surface area contributed by atoms with Crippen LogP contribution in [-0.4, -0.2) is 53.7 Å². The van der Waals surface area contributed by atoms with E-state index in [0.717, 1.165) is 12.8 Å². The number of carbonyl (C=O) groups is 2. The standard InChI is InChI=1S/C9H15N3O3/c13-7-3-12(4-7)5-8(14)11-9(15)10-6-1-2-6/h6-7,13H,1-5H2,(H2,10,11,14,15). The molecule has 0 aromatic rings. The molecule has 1 aliphatic carbocycles. The zero-order chi connectivity index (χ0) is 10.8. The maximum atomic E-state index is 11.3. The van der Waals surface area contributed by atoms with Crippen molar-refractivity contribution in [3.63, 3.8) is 0 Å². The van der Waals surface area contributed by atoms with Crippen molar-refractivity contribution in [3.05, 3.63) is 0 Å². The highest BCUT2D eigenvalue weighted by atomic mass is 16.3. The van der Waals surface area contributed by atoms with Crippen LogP contribution in [0.5, 0.6) is 0 Å². The van der Waals surface area contributed by atoms with E-state index < -0.39 is 6.03 Å². The summed E-state index contributed by atoms with van der Waals surface area (Å²) in [5.41, 5.74) is 0. The number of likely N-dealkylation sites (tertiary alicyclic amines) is 1. The van der Waals surface area contributed by atoms with Gasteiger partial charge in [0.05, 0.1) is 12.6 Å². The maximum Gasteiger partial charge on any atom is 0.321 e. The molecule has 6 nitrogen and oxygen atoms in total. The summed E-state index contributed by atoms with van der Waals surface area (Å²) in [6, 6.07) is -0.160. The molecule has 15 heavy (non-hydrogen) atoms. The lowest BCUT2D eigenvalue weighted by Crippen LogP contribution is -2.55. The fraction of sp³-hybridized carbons (Fsp3) is 0.778. The molecule has 0 spiro atoms. The van der Waals surface area contributed by atoms with Crippen molar-refractivity contribution in [2.24, 2.45) is 0 Å². The molecule has 6 heteroatoms. The van der Waals surface area contributed by atoms with Crippen molar-refractivity contribution in [3.8, 4) is 0 Å². The van der Waals surface area contributed by atoms with Crippen LogP contribution in [0.4, 0.5) is 4.79 Å². The molecule has 3 amide bonds. The van der Waals surface area contributed by atoms with Crippen LogP contribution in [-0.2, 0) is 4.79 Å². The molecule has 2 rings (SSSR count). The Balaban J connectivity index is 1.61. The SMILES string of the molecule is O=C(CN1CC(O)C1)NC(=O)NC1CC1. The Labute approximate surface area is 87.6 Å². The lowest BCUT2D eigenvalue weighted by Gasteiger charge is -2.34. The fourth-order valence-corrected chi connectivity index (χ4v) is 1.49. The van der Waals surface area contributed by atoms with E-state index in [9.17, 15) is 9.59 Å². The first kappa shape index (κ1) is 10.4.